The van der Waals surface area contributed by atoms with E-state index in [1.54, 1.807) is 42.2 Å². The molecule has 0 spiro atoms. The van der Waals surface area contributed by atoms with Gasteiger partial charge in [0.25, 0.3) is 5.91 Å². The third-order valence-corrected chi connectivity index (χ3v) is 7.10. The maximum atomic E-state index is 13.2. The van der Waals surface area contributed by atoms with E-state index in [0.717, 1.165) is 16.8 Å². The second kappa shape index (κ2) is 15.3. The molecule has 0 unspecified atom stereocenters. The van der Waals surface area contributed by atoms with Crippen LogP contribution >= 0.6 is 0 Å². The third kappa shape index (κ3) is 8.44. The zero-order valence-corrected chi connectivity index (χ0v) is 25.4. The van der Waals surface area contributed by atoms with Crippen molar-refractivity contribution in [2.24, 2.45) is 0 Å². The summed E-state index contributed by atoms with van der Waals surface area (Å²) in [5.41, 5.74) is 4.89. The molecule has 0 radical (unpaired) electrons. The maximum Gasteiger partial charge on any atom is 0.328 e. The van der Waals surface area contributed by atoms with Crippen molar-refractivity contribution in [3.63, 3.8) is 0 Å². The number of benzene rings is 4. The first kappa shape index (κ1) is 31.8. The summed E-state index contributed by atoms with van der Waals surface area (Å²) in [7, 11) is 1.35. The molecule has 7 nitrogen and oxygen atoms in total. The molecule has 0 saturated carbocycles. The molecule has 0 aliphatic heterocycles. The second-order valence-electron chi connectivity index (χ2n) is 10.6. The number of carbonyl (C=O) groups excluding carboxylic acids is 3. The lowest BCUT2D eigenvalue weighted by atomic mass is 10.00. The average molecular weight is 591 g/mol. The summed E-state index contributed by atoms with van der Waals surface area (Å²) in [6, 6.07) is 30.8. The van der Waals surface area contributed by atoms with E-state index in [-0.39, 0.29) is 11.7 Å². The van der Waals surface area contributed by atoms with Crippen molar-refractivity contribution in [1.29, 1.82) is 0 Å². The van der Waals surface area contributed by atoms with Gasteiger partial charge in [-0.25, -0.2) is 4.79 Å². The van der Waals surface area contributed by atoms with Gasteiger partial charge in [0.05, 0.1) is 13.7 Å². The Labute approximate surface area is 259 Å². The highest BCUT2D eigenvalue weighted by atomic mass is 16.5. The standard InChI is InChI=1S/C37H38N2O5/c1-26(2)36(41)39(30-15-10-12-27(3)24-30)22-11-23-44-31-20-18-28(19-21-31)25-34(37(42)43-4)38-33-17-9-8-16-32(33)35(40)29-13-6-5-7-14-29/h5-10,12-21,24,34,38H,1,11,22-23,25H2,2-4H3/t34-/m0/s1. The molecule has 1 amide bonds. The number of para-hydroxylation sites is 1. The molecule has 226 valence electrons. The molecule has 0 heterocycles. The van der Waals surface area contributed by atoms with E-state index in [1.165, 1.54) is 7.11 Å². The molecule has 7 heteroatoms. The number of ether oxygens (including phenoxy) is 2. The van der Waals surface area contributed by atoms with Crippen molar-refractivity contribution in [1.82, 2.24) is 0 Å². The van der Waals surface area contributed by atoms with Gasteiger partial charge in [0.2, 0.25) is 0 Å². The Bertz CT molecular complexity index is 1600. The summed E-state index contributed by atoms with van der Waals surface area (Å²) in [5.74, 6) is 0.00353. The van der Waals surface area contributed by atoms with Gasteiger partial charge in [0, 0.05) is 41.0 Å². The van der Waals surface area contributed by atoms with Gasteiger partial charge in [-0.15, -0.1) is 0 Å². The van der Waals surface area contributed by atoms with Gasteiger partial charge in [0.15, 0.2) is 5.78 Å². The number of hydrogen-bond acceptors (Lipinski definition) is 6. The summed E-state index contributed by atoms with van der Waals surface area (Å²) in [6.45, 7) is 8.45. The smallest absolute Gasteiger partial charge is 0.328 e. The lowest BCUT2D eigenvalue weighted by molar-refractivity contribution is -0.141. The molecule has 4 aromatic carbocycles. The number of nitrogens with one attached hydrogen (secondary N) is 1. The number of hydrogen-bond donors (Lipinski definition) is 1. The van der Waals surface area contributed by atoms with E-state index in [0.29, 0.717) is 54.1 Å². The minimum Gasteiger partial charge on any atom is -0.494 e. The molecular formula is C37H38N2O5. The Morgan fingerprint density at radius 3 is 2.27 bits per heavy atom. The van der Waals surface area contributed by atoms with Crippen molar-refractivity contribution in [2.45, 2.75) is 32.7 Å². The molecule has 0 fully saturated rings. The summed E-state index contributed by atoms with van der Waals surface area (Å²) in [5, 5.41) is 3.23. The van der Waals surface area contributed by atoms with E-state index in [9.17, 15) is 14.4 Å². The summed E-state index contributed by atoms with van der Waals surface area (Å²) >= 11 is 0. The van der Waals surface area contributed by atoms with Crippen LogP contribution in [0.2, 0.25) is 0 Å². The molecule has 0 aliphatic rings. The normalized spacial score (nSPS) is 11.2. The highest BCUT2D eigenvalue weighted by Crippen LogP contribution is 2.23. The number of ketones is 1. The zero-order valence-electron chi connectivity index (χ0n) is 25.4. The summed E-state index contributed by atoms with van der Waals surface area (Å²) < 4.78 is 11.0. The fraction of sp³-hybridized carbons (Fsp3) is 0.216. The fourth-order valence-corrected chi connectivity index (χ4v) is 4.82. The van der Waals surface area contributed by atoms with Gasteiger partial charge in [-0.3, -0.25) is 9.59 Å². The van der Waals surface area contributed by atoms with Crippen LogP contribution < -0.4 is 15.0 Å². The highest BCUT2D eigenvalue weighted by Gasteiger charge is 2.23. The van der Waals surface area contributed by atoms with E-state index in [2.05, 4.69) is 11.9 Å². The van der Waals surface area contributed by atoms with Gasteiger partial charge in [-0.2, -0.15) is 0 Å². The molecule has 0 aromatic heterocycles. The van der Waals surface area contributed by atoms with E-state index in [4.69, 9.17) is 9.47 Å². The Morgan fingerprint density at radius 1 is 0.886 bits per heavy atom. The van der Waals surface area contributed by atoms with Crippen molar-refractivity contribution in [3.05, 3.63) is 138 Å². The predicted octanol–water partition coefficient (Wildman–Crippen LogP) is 6.80. The van der Waals surface area contributed by atoms with Crippen LogP contribution in [-0.4, -0.2) is 44.0 Å². The van der Waals surface area contributed by atoms with Crippen LogP contribution in [0.3, 0.4) is 0 Å². The van der Waals surface area contributed by atoms with Crippen molar-refractivity contribution < 1.29 is 23.9 Å². The van der Waals surface area contributed by atoms with Gasteiger partial charge >= 0.3 is 5.97 Å². The largest absolute Gasteiger partial charge is 0.494 e. The number of rotatable bonds is 14. The monoisotopic (exact) mass is 590 g/mol. The molecule has 0 aliphatic carbocycles. The predicted molar refractivity (Wildman–Crippen MR) is 174 cm³/mol. The van der Waals surface area contributed by atoms with Crippen LogP contribution in [-0.2, 0) is 20.7 Å². The number of carbonyl (C=O) groups is 3. The summed E-state index contributed by atoms with van der Waals surface area (Å²) in [6.07, 6.45) is 0.972. The first-order chi connectivity index (χ1) is 21.3. The number of esters is 1. The average Bonchev–Trinajstić information content (AvgIpc) is 3.04. The van der Waals surface area contributed by atoms with Gasteiger partial charge < -0.3 is 19.7 Å². The lowest BCUT2D eigenvalue weighted by Gasteiger charge is -2.23. The van der Waals surface area contributed by atoms with Gasteiger partial charge in [0.1, 0.15) is 11.8 Å². The maximum absolute atomic E-state index is 13.2. The van der Waals surface area contributed by atoms with Crippen LogP contribution in [0.25, 0.3) is 0 Å². The van der Waals surface area contributed by atoms with Gasteiger partial charge in [-0.1, -0.05) is 73.3 Å². The minimum absolute atomic E-state index is 0.110. The van der Waals surface area contributed by atoms with Crippen LogP contribution in [0.15, 0.2) is 115 Å². The SMILES string of the molecule is C=C(C)C(=O)N(CCCOc1ccc(C[C@H](Nc2ccccc2C(=O)c2ccccc2)C(=O)OC)cc1)c1cccc(C)c1. The topological polar surface area (TPSA) is 84.9 Å². The first-order valence-electron chi connectivity index (χ1n) is 14.6. The van der Waals surface area contributed by atoms with Crippen LogP contribution in [0, 0.1) is 6.92 Å². The van der Waals surface area contributed by atoms with Gasteiger partial charge in [-0.05, 0) is 67.8 Å². The van der Waals surface area contributed by atoms with E-state index < -0.39 is 12.0 Å². The number of amides is 1. The molecule has 4 aromatic rings. The molecule has 1 atom stereocenters. The Morgan fingerprint density at radius 2 is 1.59 bits per heavy atom. The van der Waals surface area contributed by atoms with Crippen LogP contribution in [0.1, 0.15) is 40.4 Å². The van der Waals surface area contributed by atoms with Crippen molar-refractivity contribution in [2.75, 3.05) is 30.5 Å². The molecule has 1 N–H and O–H groups in total. The number of nitrogens with zero attached hydrogens (tertiary/aromatic N) is 1. The first-order valence-corrected chi connectivity index (χ1v) is 14.6. The van der Waals surface area contributed by atoms with Crippen molar-refractivity contribution in [3.8, 4) is 5.75 Å². The van der Waals surface area contributed by atoms with Crippen LogP contribution in [0.5, 0.6) is 5.75 Å². The third-order valence-electron chi connectivity index (χ3n) is 7.10. The van der Waals surface area contributed by atoms with Crippen LogP contribution in [0.4, 0.5) is 11.4 Å². The van der Waals surface area contributed by atoms with E-state index >= 15 is 0 Å². The Kier molecular flexibility index (Phi) is 11.1. The molecular weight excluding hydrogens is 552 g/mol. The van der Waals surface area contributed by atoms with E-state index in [1.807, 2.05) is 79.7 Å². The lowest BCUT2D eigenvalue weighted by Crippen LogP contribution is -2.33. The fourth-order valence-electron chi connectivity index (χ4n) is 4.82. The molecule has 4 rings (SSSR count). The summed E-state index contributed by atoms with van der Waals surface area (Å²) in [4.78, 5) is 40.4. The minimum atomic E-state index is -0.713. The van der Waals surface area contributed by atoms with Crippen molar-refractivity contribution >= 4 is 29.0 Å². The zero-order chi connectivity index (χ0) is 31.5. The number of aryl methyl sites for hydroxylation is 1. The Hall–Kier alpha value is -5.17. The number of methoxy groups -OCH3 is 1. The number of anilines is 2. The second-order valence-corrected chi connectivity index (χ2v) is 10.6. The molecule has 0 saturated heterocycles. The molecule has 0 bridgehead atoms. The molecule has 44 heavy (non-hydrogen) atoms. The Balaban J connectivity index is 1.37. The highest BCUT2D eigenvalue weighted by molar-refractivity contribution is 6.12. The quantitative estimate of drug-likeness (QED) is 0.0753.